The van der Waals surface area contributed by atoms with Crippen molar-refractivity contribution in [1.29, 1.82) is 0 Å². The van der Waals surface area contributed by atoms with Crippen molar-refractivity contribution in [3.05, 3.63) is 54.2 Å². The van der Waals surface area contributed by atoms with Gasteiger partial charge in [0.2, 0.25) is 21.8 Å². The highest BCUT2D eigenvalue weighted by atomic mass is 32.2. The summed E-state index contributed by atoms with van der Waals surface area (Å²) in [6, 6.07) is 6.95. The zero-order chi connectivity index (χ0) is 23.1. The van der Waals surface area contributed by atoms with E-state index in [0.29, 0.717) is 12.2 Å². The van der Waals surface area contributed by atoms with Gasteiger partial charge in [-0.05, 0) is 55.7 Å². The van der Waals surface area contributed by atoms with Gasteiger partial charge in [0.25, 0.3) is 0 Å². The normalized spacial score (nSPS) is 15.4. The number of halogens is 1. The van der Waals surface area contributed by atoms with E-state index < -0.39 is 34.3 Å². The lowest BCUT2D eigenvalue weighted by atomic mass is 10.1. The van der Waals surface area contributed by atoms with Crippen molar-refractivity contribution in [3.63, 3.8) is 0 Å². The Morgan fingerprint density at radius 2 is 1.88 bits per heavy atom. The smallest absolute Gasteiger partial charge is 0.243 e. The van der Waals surface area contributed by atoms with Crippen molar-refractivity contribution < 1.29 is 26.8 Å². The Morgan fingerprint density at radius 3 is 2.47 bits per heavy atom. The summed E-state index contributed by atoms with van der Waals surface area (Å²) >= 11 is 0. The maximum Gasteiger partial charge on any atom is 0.243 e. The maximum atomic E-state index is 13.1. The van der Waals surface area contributed by atoms with Gasteiger partial charge in [0.1, 0.15) is 17.6 Å². The van der Waals surface area contributed by atoms with Gasteiger partial charge in [-0.2, -0.15) is 0 Å². The predicted octanol–water partition coefficient (Wildman–Crippen LogP) is 2.56. The molecule has 0 aliphatic heterocycles. The van der Waals surface area contributed by atoms with Gasteiger partial charge in [0.15, 0.2) is 0 Å². The fourth-order valence-electron chi connectivity index (χ4n) is 3.97. The van der Waals surface area contributed by atoms with Crippen molar-refractivity contribution in [3.8, 4) is 0 Å². The summed E-state index contributed by atoms with van der Waals surface area (Å²) in [6.07, 6.45) is 5.31. The van der Waals surface area contributed by atoms with Gasteiger partial charge in [-0.1, -0.05) is 19.8 Å². The van der Waals surface area contributed by atoms with Crippen LogP contribution in [0.4, 0.5) is 4.39 Å². The number of carbonyl (C=O) groups is 2. The molecule has 1 fully saturated rings. The van der Waals surface area contributed by atoms with Gasteiger partial charge in [0.05, 0.1) is 24.2 Å². The molecule has 0 spiro atoms. The second-order valence-electron chi connectivity index (χ2n) is 7.74. The summed E-state index contributed by atoms with van der Waals surface area (Å²) in [5, 5.41) is 2.80. The van der Waals surface area contributed by atoms with Crippen LogP contribution in [0.15, 0.2) is 52.0 Å². The second-order valence-corrected chi connectivity index (χ2v) is 9.51. The van der Waals surface area contributed by atoms with Crippen molar-refractivity contribution in [2.75, 3.05) is 6.54 Å². The Labute approximate surface area is 187 Å². The number of rotatable bonds is 10. The first-order chi connectivity index (χ1) is 15.3. The molecule has 1 saturated carbocycles. The van der Waals surface area contributed by atoms with Gasteiger partial charge in [-0.3, -0.25) is 9.59 Å². The molecule has 1 aliphatic carbocycles. The van der Waals surface area contributed by atoms with Crippen molar-refractivity contribution in [2.24, 2.45) is 0 Å². The van der Waals surface area contributed by atoms with Crippen molar-refractivity contribution in [2.45, 2.75) is 62.6 Å². The minimum Gasteiger partial charge on any atom is -0.467 e. The molecule has 1 atom stereocenters. The molecule has 1 aromatic heterocycles. The molecule has 0 saturated heterocycles. The van der Waals surface area contributed by atoms with Gasteiger partial charge >= 0.3 is 0 Å². The molecule has 2 N–H and O–H groups in total. The van der Waals surface area contributed by atoms with E-state index in [9.17, 15) is 22.4 Å². The molecule has 1 unspecified atom stereocenters. The topological polar surface area (TPSA) is 109 Å². The van der Waals surface area contributed by atoms with Crippen molar-refractivity contribution >= 4 is 21.8 Å². The zero-order valence-corrected chi connectivity index (χ0v) is 18.7. The third kappa shape index (κ3) is 5.95. The van der Waals surface area contributed by atoms with Gasteiger partial charge < -0.3 is 14.6 Å². The van der Waals surface area contributed by atoms with Crippen LogP contribution in [-0.2, 0) is 26.2 Å². The zero-order valence-electron chi connectivity index (χ0n) is 17.9. The Kier molecular flexibility index (Phi) is 8.03. The third-order valence-corrected chi connectivity index (χ3v) is 7.00. The van der Waals surface area contributed by atoms with E-state index >= 15 is 0 Å². The van der Waals surface area contributed by atoms with Crippen molar-refractivity contribution in [1.82, 2.24) is 14.9 Å². The number of sulfonamides is 1. The molecule has 1 aromatic carbocycles. The number of benzene rings is 1. The standard InChI is InChI=1S/C22H28FN3O5S/c1-2-20(22(28)24-14-18-8-5-13-31-18)26(17-6-3-4-7-17)21(27)15-25-32(29,30)19-11-9-16(23)10-12-19/h5,8-13,17,20,25H,2-4,6-7,14-15H2,1H3,(H,24,28). The minimum absolute atomic E-state index is 0.128. The van der Waals surface area contributed by atoms with Crippen LogP contribution in [-0.4, -0.2) is 43.8 Å². The average Bonchev–Trinajstić information content (AvgIpc) is 3.49. The van der Waals surface area contributed by atoms with Crippen LogP contribution in [0.1, 0.15) is 44.8 Å². The lowest BCUT2D eigenvalue weighted by Gasteiger charge is -2.35. The first kappa shape index (κ1) is 23.9. The lowest BCUT2D eigenvalue weighted by molar-refractivity contribution is -0.142. The molecule has 0 radical (unpaired) electrons. The van der Waals surface area contributed by atoms with Gasteiger partial charge in [-0.15, -0.1) is 0 Å². The number of amides is 2. The average molecular weight is 466 g/mol. The van der Waals surface area contributed by atoms with E-state index in [4.69, 9.17) is 4.42 Å². The number of nitrogens with zero attached hydrogens (tertiary/aromatic N) is 1. The van der Waals surface area contributed by atoms with Crippen LogP contribution in [0.25, 0.3) is 0 Å². The number of nitrogens with one attached hydrogen (secondary N) is 2. The SMILES string of the molecule is CCC(C(=O)NCc1ccco1)N(C(=O)CNS(=O)(=O)c1ccc(F)cc1)C1CCCC1. The molecule has 32 heavy (non-hydrogen) atoms. The predicted molar refractivity (Wildman–Crippen MR) is 115 cm³/mol. The van der Waals surface area contributed by atoms with Crippen LogP contribution >= 0.6 is 0 Å². The number of hydrogen-bond acceptors (Lipinski definition) is 5. The molecule has 2 aromatic rings. The minimum atomic E-state index is -4.00. The van der Waals surface area contributed by atoms with E-state index in [2.05, 4.69) is 10.0 Å². The molecular formula is C22H28FN3O5S. The summed E-state index contributed by atoms with van der Waals surface area (Å²) in [6.45, 7) is 1.53. The van der Waals surface area contributed by atoms with Crippen LogP contribution in [0.5, 0.6) is 0 Å². The van der Waals surface area contributed by atoms with Crippen LogP contribution in [0.3, 0.4) is 0 Å². The van der Waals surface area contributed by atoms with Gasteiger partial charge in [0, 0.05) is 6.04 Å². The van der Waals surface area contributed by atoms with E-state index in [1.54, 1.807) is 12.1 Å². The number of carbonyl (C=O) groups excluding carboxylic acids is 2. The third-order valence-electron chi connectivity index (χ3n) is 5.59. The van der Waals surface area contributed by atoms with Crippen LogP contribution < -0.4 is 10.0 Å². The molecule has 2 amide bonds. The highest BCUT2D eigenvalue weighted by Gasteiger charge is 2.35. The van der Waals surface area contributed by atoms with E-state index in [1.807, 2.05) is 6.92 Å². The molecule has 174 valence electrons. The molecule has 0 bridgehead atoms. The highest BCUT2D eigenvalue weighted by Crippen LogP contribution is 2.26. The van der Waals surface area contributed by atoms with Crippen LogP contribution in [0.2, 0.25) is 0 Å². The number of furan rings is 1. The fourth-order valence-corrected chi connectivity index (χ4v) is 4.95. The molecule has 1 aliphatic rings. The Balaban J connectivity index is 1.71. The molecule has 8 nitrogen and oxygen atoms in total. The van der Waals surface area contributed by atoms with Crippen LogP contribution in [0, 0.1) is 5.82 Å². The second kappa shape index (κ2) is 10.7. The molecule has 1 heterocycles. The Hall–Kier alpha value is -2.72. The Bertz CT molecular complexity index is 1000. The number of hydrogen-bond donors (Lipinski definition) is 2. The first-order valence-electron chi connectivity index (χ1n) is 10.7. The van der Waals surface area contributed by atoms with E-state index in [1.165, 1.54) is 11.2 Å². The summed E-state index contributed by atoms with van der Waals surface area (Å²) < 4.78 is 45.6. The maximum absolute atomic E-state index is 13.1. The monoisotopic (exact) mass is 465 g/mol. The Morgan fingerprint density at radius 1 is 1.19 bits per heavy atom. The first-order valence-corrected chi connectivity index (χ1v) is 12.2. The van der Waals surface area contributed by atoms with E-state index in [-0.39, 0.29) is 23.4 Å². The van der Waals surface area contributed by atoms with E-state index in [0.717, 1.165) is 49.9 Å². The highest BCUT2D eigenvalue weighted by molar-refractivity contribution is 7.89. The molecule has 10 heteroatoms. The summed E-state index contributed by atoms with van der Waals surface area (Å²) in [5.41, 5.74) is 0. The summed E-state index contributed by atoms with van der Waals surface area (Å²) in [4.78, 5) is 27.4. The quantitative estimate of drug-likeness (QED) is 0.561. The fraction of sp³-hybridized carbons (Fsp3) is 0.455. The summed E-state index contributed by atoms with van der Waals surface area (Å²) in [5.74, 6) is -0.745. The largest absolute Gasteiger partial charge is 0.467 e. The van der Waals surface area contributed by atoms with Gasteiger partial charge in [-0.25, -0.2) is 17.5 Å². The summed E-state index contributed by atoms with van der Waals surface area (Å²) in [7, 11) is -4.00. The molecule has 3 rings (SSSR count). The molecular weight excluding hydrogens is 437 g/mol. The lowest BCUT2D eigenvalue weighted by Crippen LogP contribution is -2.55.